The molecule has 226 valence electrons. The van der Waals surface area contributed by atoms with E-state index in [9.17, 15) is 19.7 Å². The van der Waals surface area contributed by atoms with Gasteiger partial charge in [-0.25, -0.2) is 0 Å². The third-order valence-electron chi connectivity index (χ3n) is 9.17. The molecule has 4 atom stereocenters. The molecule has 3 N–H and O–H groups in total. The highest BCUT2D eigenvalue weighted by Gasteiger charge is 2.57. The van der Waals surface area contributed by atoms with Crippen LogP contribution in [0.4, 0.5) is 17.1 Å². The quantitative estimate of drug-likeness (QED) is 0.140. The number of halogens is 1. The van der Waals surface area contributed by atoms with Crippen molar-refractivity contribution in [3.8, 4) is 5.75 Å². The zero-order valence-electron chi connectivity index (χ0n) is 24.9. The average Bonchev–Trinajstić information content (AvgIpc) is 3.25. The van der Waals surface area contributed by atoms with Crippen LogP contribution in [0.15, 0.2) is 89.5 Å². The Bertz CT molecular complexity index is 1620. The van der Waals surface area contributed by atoms with E-state index in [2.05, 4.69) is 12.2 Å². The van der Waals surface area contributed by atoms with Crippen molar-refractivity contribution in [3.63, 3.8) is 0 Å². The molecule has 2 saturated heterocycles. The fourth-order valence-corrected chi connectivity index (χ4v) is 7.31. The number of anilines is 3. The minimum atomic E-state index is -1.01. The first kappa shape index (κ1) is 30.2. The van der Waals surface area contributed by atoms with E-state index in [0.29, 0.717) is 30.0 Å². The summed E-state index contributed by atoms with van der Waals surface area (Å²) >= 11 is 6.35. The Balaban J connectivity index is 1.20. The zero-order chi connectivity index (χ0) is 31.0. The Morgan fingerprint density at radius 1 is 1.05 bits per heavy atom. The van der Waals surface area contributed by atoms with Gasteiger partial charge in [-0.15, -0.1) is 0 Å². The highest BCUT2D eigenvalue weighted by molar-refractivity contribution is 6.43. The summed E-state index contributed by atoms with van der Waals surface area (Å²) in [4.78, 5) is 29.0. The molecule has 0 radical (unpaired) electrons. The monoisotopic (exact) mass is 610 g/mol. The zero-order valence-corrected chi connectivity index (χ0v) is 25.6. The van der Waals surface area contributed by atoms with Crippen LogP contribution in [0.5, 0.6) is 5.75 Å². The molecule has 2 fully saturated rings. The normalized spacial score (nSPS) is 23.6. The number of carbonyl (C=O) groups excluding carboxylic acids is 2. The molecule has 44 heavy (non-hydrogen) atoms. The lowest BCUT2D eigenvalue weighted by Crippen LogP contribution is -2.46. The van der Waals surface area contributed by atoms with Crippen molar-refractivity contribution in [1.29, 1.82) is 0 Å². The molecule has 2 aliphatic heterocycles. The number of phenols is 1. The summed E-state index contributed by atoms with van der Waals surface area (Å²) in [6.45, 7) is 4.11. The molecule has 9 heteroatoms. The number of rotatable bonds is 8. The molecule has 0 aromatic heterocycles. The van der Waals surface area contributed by atoms with Gasteiger partial charge in [0, 0.05) is 11.4 Å². The van der Waals surface area contributed by atoms with Crippen molar-refractivity contribution >= 4 is 53.7 Å². The number of aromatic hydroxyl groups is 1. The van der Waals surface area contributed by atoms with Crippen molar-refractivity contribution in [2.75, 3.05) is 10.2 Å². The predicted molar refractivity (Wildman–Crippen MR) is 175 cm³/mol. The number of phenolic OH excluding ortho intramolecular Hbond substituents is 1. The molecule has 3 aromatic rings. The molecule has 0 bridgehead atoms. The van der Waals surface area contributed by atoms with Crippen LogP contribution < -0.4 is 10.2 Å². The van der Waals surface area contributed by atoms with Crippen molar-refractivity contribution in [2.45, 2.75) is 52.0 Å². The van der Waals surface area contributed by atoms with Crippen LogP contribution in [-0.2, 0) is 14.2 Å². The number of nitrogens with zero attached hydrogens (tertiary/aromatic N) is 1. The second kappa shape index (κ2) is 12.6. The van der Waals surface area contributed by atoms with E-state index < -0.39 is 19.0 Å². The Morgan fingerprint density at radius 2 is 1.77 bits per heavy atom. The molecule has 0 spiro atoms. The fraction of sp³-hybridized carbons (Fsp3) is 0.314. The van der Waals surface area contributed by atoms with Crippen molar-refractivity contribution < 1.29 is 24.4 Å². The summed E-state index contributed by atoms with van der Waals surface area (Å²) in [6, 6.07) is 22.1. The summed E-state index contributed by atoms with van der Waals surface area (Å²) in [5.74, 6) is -1.50. The summed E-state index contributed by atoms with van der Waals surface area (Å²) in [5, 5.41) is 24.3. The van der Waals surface area contributed by atoms with E-state index >= 15 is 0 Å². The van der Waals surface area contributed by atoms with Gasteiger partial charge in [-0.3, -0.25) is 14.5 Å². The summed E-state index contributed by atoms with van der Waals surface area (Å²) in [7, 11) is -1.01. The first-order valence-corrected chi connectivity index (χ1v) is 15.6. The summed E-state index contributed by atoms with van der Waals surface area (Å²) in [6.07, 6.45) is 4.63. The highest BCUT2D eigenvalue weighted by Crippen LogP contribution is 2.51. The molecule has 1 aliphatic carbocycles. The number of hydrogen-bond donors (Lipinski definition) is 3. The van der Waals surface area contributed by atoms with Crippen LogP contribution in [0.2, 0.25) is 11.3 Å². The maximum absolute atomic E-state index is 14.0. The van der Waals surface area contributed by atoms with Gasteiger partial charge in [0.2, 0.25) is 11.8 Å². The van der Waals surface area contributed by atoms with Crippen molar-refractivity contribution in [1.82, 2.24) is 0 Å². The lowest BCUT2D eigenvalue weighted by molar-refractivity contribution is -0.122. The van der Waals surface area contributed by atoms with Crippen molar-refractivity contribution in [3.05, 3.63) is 100 Å². The van der Waals surface area contributed by atoms with Crippen LogP contribution in [0.3, 0.4) is 0 Å². The molecule has 7 nitrogen and oxygen atoms in total. The van der Waals surface area contributed by atoms with Gasteiger partial charge in [0.1, 0.15) is 5.75 Å². The van der Waals surface area contributed by atoms with Gasteiger partial charge in [0.25, 0.3) is 0 Å². The standard InChI is InChI=1S/C35H36BClN2O5/c1-3-22(18-23-10-15-27(40)19-30(23)37)9-16-31-32-21(2)17-28-33(29(32)20-36(43)44-31)35(42)39(34(28)41)26-13-11-25(12-14-26)38-24-7-5-4-6-8-24/h4-8,10-15,18-19,28-29,31,33,38,40,43H,3,9,16-17,20H2,1-2H3/b22-18+/t28-,29+,31-,33-/m1/s1. The Hall–Kier alpha value is -3.85. The van der Waals surface area contributed by atoms with E-state index in [-0.39, 0.29) is 35.9 Å². The molecule has 3 aromatic carbocycles. The van der Waals surface area contributed by atoms with Gasteiger partial charge in [-0.05, 0) is 111 Å². The van der Waals surface area contributed by atoms with Crippen LogP contribution in [0.25, 0.3) is 6.08 Å². The van der Waals surface area contributed by atoms with E-state index in [1.807, 2.05) is 55.5 Å². The van der Waals surface area contributed by atoms with Crippen LogP contribution in [-0.4, -0.2) is 35.2 Å². The smallest absolute Gasteiger partial charge is 0.455 e. The van der Waals surface area contributed by atoms with Gasteiger partial charge in [0.15, 0.2) is 0 Å². The van der Waals surface area contributed by atoms with Crippen LogP contribution in [0.1, 0.15) is 45.1 Å². The number of nitrogens with one attached hydrogen (secondary N) is 1. The number of carbonyl (C=O) groups is 2. The van der Waals surface area contributed by atoms with E-state index in [1.54, 1.807) is 24.3 Å². The number of imide groups is 1. The van der Waals surface area contributed by atoms with Gasteiger partial charge in [-0.2, -0.15) is 0 Å². The minimum Gasteiger partial charge on any atom is -0.508 e. The Morgan fingerprint density at radius 3 is 2.48 bits per heavy atom. The number of hydrogen-bond acceptors (Lipinski definition) is 6. The number of para-hydroxylation sites is 1. The van der Waals surface area contributed by atoms with Gasteiger partial charge < -0.3 is 20.1 Å². The molecule has 2 heterocycles. The lowest BCUT2D eigenvalue weighted by Gasteiger charge is -2.42. The third-order valence-corrected chi connectivity index (χ3v) is 9.49. The van der Waals surface area contributed by atoms with Crippen molar-refractivity contribution in [2.24, 2.45) is 17.8 Å². The molecule has 2 amide bonds. The lowest BCUT2D eigenvalue weighted by atomic mass is 9.59. The second-order valence-electron chi connectivity index (χ2n) is 11.9. The number of amides is 2. The van der Waals surface area contributed by atoms with Crippen LogP contribution >= 0.6 is 11.6 Å². The summed E-state index contributed by atoms with van der Waals surface area (Å²) < 4.78 is 6.09. The highest BCUT2D eigenvalue weighted by atomic mass is 35.5. The largest absolute Gasteiger partial charge is 0.508 e. The number of allylic oxidation sites excluding steroid dienone is 2. The Kier molecular flexibility index (Phi) is 8.67. The van der Waals surface area contributed by atoms with E-state index in [4.69, 9.17) is 16.3 Å². The summed E-state index contributed by atoms with van der Waals surface area (Å²) in [5.41, 5.74) is 6.49. The molecule has 3 aliphatic rings. The second-order valence-corrected chi connectivity index (χ2v) is 12.4. The van der Waals surface area contributed by atoms with Crippen LogP contribution in [0, 0.1) is 17.8 Å². The van der Waals surface area contributed by atoms with E-state index in [0.717, 1.165) is 40.1 Å². The minimum absolute atomic E-state index is 0.120. The number of fused-ring (bicyclic) bond motifs is 3. The Labute approximate surface area is 263 Å². The molecular weight excluding hydrogens is 575 g/mol. The predicted octanol–water partition coefficient (Wildman–Crippen LogP) is 7.38. The SMILES string of the molecule is CC/C(=C\c1ccc(O)cc1Cl)CC[C@H]1OB(O)C[C@H]2C1=C(C)C[C@H]1C(=O)N(c3ccc(Nc4ccccc4)cc3)C(=O)[C@H]12. The average molecular weight is 611 g/mol. The van der Waals surface area contributed by atoms with Gasteiger partial charge in [0.05, 0.1) is 28.6 Å². The first-order valence-electron chi connectivity index (χ1n) is 15.2. The number of benzene rings is 3. The fourth-order valence-electron chi connectivity index (χ4n) is 7.08. The third kappa shape index (κ3) is 5.94. The van der Waals surface area contributed by atoms with Gasteiger partial charge >= 0.3 is 7.12 Å². The molecule has 0 unspecified atom stereocenters. The van der Waals surface area contributed by atoms with Gasteiger partial charge in [-0.1, -0.05) is 53.9 Å². The van der Waals surface area contributed by atoms with E-state index in [1.165, 1.54) is 11.0 Å². The topological polar surface area (TPSA) is 99.1 Å². The first-order chi connectivity index (χ1) is 21.2. The molecule has 6 rings (SSSR count). The molecule has 0 saturated carbocycles. The molecular formula is C35H36BClN2O5. The maximum atomic E-state index is 14.0. The maximum Gasteiger partial charge on any atom is 0.455 e.